The fraction of sp³-hybridized carbons (Fsp3) is 1.00. The fourth-order valence-electron chi connectivity index (χ4n) is 2.39. The number of rotatable bonds is 2. The second-order valence-corrected chi connectivity index (χ2v) is 4.55. The molecular weight excluding hydrogens is 204 g/mol. The first-order valence-corrected chi connectivity index (χ1v) is 5.65. The van der Waals surface area contributed by atoms with Crippen molar-refractivity contribution in [1.29, 1.82) is 0 Å². The maximum absolute atomic E-state index is 5.79. The molecule has 2 heterocycles. The van der Waals surface area contributed by atoms with Crippen LogP contribution in [0.1, 0.15) is 26.2 Å². The Morgan fingerprint density at radius 3 is 2.82 bits per heavy atom. The summed E-state index contributed by atoms with van der Waals surface area (Å²) in [6, 6.07) is 0. The Bertz CT molecular complexity index is 148. The van der Waals surface area contributed by atoms with Gasteiger partial charge in [0, 0.05) is 5.33 Å². The van der Waals surface area contributed by atoms with Gasteiger partial charge < -0.3 is 4.74 Å². The number of alkyl halides is 1. The summed E-state index contributed by atoms with van der Waals surface area (Å²) >= 11 is 3.54. The Hall–Kier alpha value is 0.440. The monoisotopic (exact) mass is 218 g/mol. The van der Waals surface area contributed by atoms with Gasteiger partial charge >= 0.3 is 0 Å². The van der Waals surface area contributed by atoms with Crippen LogP contribution in [0, 0.1) is 11.8 Å². The van der Waals surface area contributed by atoms with Crippen LogP contribution in [0.3, 0.4) is 0 Å². The van der Waals surface area contributed by atoms with Crippen LogP contribution in [-0.4, -0.2) is 17.5 Å². The number of ether oxygens (including phenoxy) is 1. The second-order valence-electron chi connectivity index (χ2n) is 3.91. The summed E-state index contributed by atoms with van der Waals surface area (Å²) in [4.78, 5) is 0. The highest BCUT2D eigenvalue weighted by atomic mass is 79.9. The molecule has 0 aromatic heterocycles. The maximum Gasteiger partial charge on any atom is 0.0611 e. The van der Waals surface area contributed by atoms with Crippen molar-refractivity contribution < 1.29 is 4.74 Å². The largest absolute Gasteiger partial charge is 0.375 e. The molecule has 4 unspecified atom stereocenters. The molecule has 2 saturated heterocycles. The molecule has 11 heavy (non-hydrogen) atoms. The molecule has 2 aliphatic heterocycles. The SMILES string of the molecule is CC(CBr)C1CC2CCC1O2. The Labute approximate surface area is 76.6 Å². The van der Waals surface area contributed by atoms with Crippen molar-refractivity contribution >= 4 is 15.9 Å². The second kappa shape index (κ2) is 3.06. The zero-order valence-electron chi connectivity index (χ0n) is 6.92. The first-order valence-electron chi connectivity index (χ1n) is 4.52. The van der Waals surface area contributed by atoms with Gasteiger partial charge in [0.15, 0.2) is 0 Å². The standard InChI is InChI=1S/C9H15BrO/c1-6(5-10)8-4-7-2-3-9(8)11-7/h6-9H,2-5H2,1H3. The molecule has 0 spiro atoms. The Balaban J connectivity index is 1.96. The zero-order chi connectivity index (χ0) is 7.84. The first kappa shape index (κ1) is 8.06. The van der Waals surface area contributed by atoms with E-state index < -0.39 is 0 Å². The van der Waals surface area contributed by atoms with Gasteiger partial charge in [0.05, 0.1) is 12.2 Å². The fourth-order valence-corrected chi connectivity index (χ4v) is 2.87. The van der Waals surface area contributed by atoms with Crippen LogP contribution in [0.15, 0.2) is 0 Å². The number of halogens is 1. The average Bonchev–Trinajstić information content (AvgIpc) is 2.62. The van der Waals surface area contributed by atoms with E-state index in [-0.39, 0.29) is 0 Å². The molecule has 2 fully saturated rings. The van der Waals surface area contributed by atoms with Crippen molar-refractivity contribution in [3.05, 3.63) is 0 Å². The lowest BCUT2D eigenvalue weighted by Crippen LogP contribution is -2.24. The van der Waals surface area contributed by atoms with Crippen molar-refractivity contribution in [1.82, 2.24) is 0 Å². The highest BCUT2D eigenvalue weighted by Crippen LogP contribution is 2.42. The van der Waals surface area contributed by atoms with E-state index in [1.54, 1.807) is 0 Å². The quantitative estimate of drug-likeness (QED) is 0.648. The van der Waals surface area contributed by atoms with E-state index in [1.165, 1.54) is 19.3 Å². The topological polar surface area (TPSA) is 9.23 Å². The lowest BCUT2D eigenvalue weighted by Gasteiger charge is -2.23. The van der Waals surface area contributed by atoms with Crippen LogP contribution in [0.4, 0.5) is 0 Å². The normalized spacial score (nSPS) is 44.7. The minimum absolute atomic E-state index is 0.604. The number of fused-ring (bicyclic) bond motifs is 2. The van der Waals surface area contributed by atoms with Crippen molar-refractivity contribution in [2.75, 3.05) is 5.33 Å². The van der Waals surface area contributed by atoms with Gasteiger partial charge in [-0.1, -0.05) is 22.9 Å². The molecule has 2 heteroatoms. The molecule has 0 aromatic rings. The highest BCUT2D eigenvalue weighted by Gasteiger charge is 2.42. The van der Waals surface area contributed by atoms with E-state index in [1.807, 2.05) is 0 Å². The van der Waals surface area contributed by atoms with Crippen LogP contribution in [0.2, 0.25) is 0 Å². The summed E-state index contributed by atoms with van der Waals surface area (Å²) in [6.45, 7) is 2.32. The van der Waals surface area contributed by atoms with E-state index in [9.17, 15) is 0 Å². The molecular formula is C9H15BrO. The van der Waals surface area contributed by atoms with Crippen LogP contribution < -0.4 is 0 Å². The van der Waals surface area contributed by atoms with Gasteiger partial charge in [-0.2, -0.15) is 0 Å². The minimum atomic E-state index is 0.604. The van der Waals surface area contributed by atoms with Crippen LogP contribution in [-0.2, 0) is 4.74 Å². The Morgan fingerprint density at radius 1 is 1.55 bits per heavy atom. The minimum Gasteiger partial charge on any atom is -0.375 e. The summed E-state index contributed by atoms with van der Waals surface area (Å²) in [5.74, 6) is 1.64. The average molecular weight is 219 g/mol. The lowest BCUT2D eigenvalue weighted by molar-refractivity contribution is 0.0856. The van der Waals surface area contributed by atoms with Gasteiger partial charge in [0.25, 0.3) is 0 Å². The summed E-state index contributed by atoms with van der Waals surface area (Å²) < 4.78 is 5.79. The highest BCUT2D eigenvalue weighted by molar-refractivity contribution is 9.09. The van der Waals surface area contributed by atoms with Gasteiger partial charge in [0.1, 0.15) is 0 Å². The third-order valence-corrected chi connectivity index (χ3v) is 4.15. The Kier molecular flexibility index (Phi) is 2.24. The summed E-state index contributed by atoms with van der Waals surface area (Å²) in [6.07, 6.45) is 5.17. The molecule has 0 aromatic carbocycles. The zero-order valence-corrected chi connectivity index (χ0v) is 8.51. The van der Waals surface area contributed by atoms with Crippen LogP contribution in [0.5, 0.6) is 0 Å². The van der Waals surface area contributed by atoms with Gasteiger partial charge in [-0.25, -0.2) is 0 Å². The Morgan fingerprint density at radius 2 is 2.36 bits per heavy atom. The van der Waals surface area contributed by atoms with Gasteiger partial charge in [-0.15, -0.1) is 0 Å². The summed E-state index contributed by atoms with van der Waals surface area (Å²) in [5, 5.41) is 1.13. The summed E-state index contributed by atoms with van der Waals surface area (Å²) in [5.41, 5.74) is 0. The lowest BCUT2D eigenvalue weighted by atomic mass is 9.82. The van der Waals surface area contributed by atoms with E-state index in [2.05, 4.69) is 22.9 Å². The maximum atomic E-state index is 5.79. The van der Waals surface area contributed by atoms with Crippen molar-refractivity contribution in [3.63, 3.8) is 0 Å². The third kappa shape index (κ3) is 1.35. The van der Waals surface area contributed by atoms with Crippen molar-refractivity contribution in [3.8, 4) is 0 Å². The molecule has 0 amide bonds. The smallest absolute Gasteiger partial charge is 0.0611 e. The van der Waals surface area contributed by atoms with E-state index >= 15 is 0 Å². The molecule has 0 N–H and O–H groups in total. The third-order valence-electron chi connectivity index (χ3n) is 3.13. The van der Waals surface area contributed by atoms with E-state index in [0.717, 1.165) is 17.2 Å². The van der Waals surface area contributed by atoms with E-state index in [0.29, 0.717) is 12.2 Å². The molecule has 1 nitrogen and oxygen atoms in total. The first-order chi connectivity index (χ1) is 5.31. The van der Waals surface area contributed by atoms with Gasteiger partial charge in [-0.3, -0.25) is 0 Å². The molecule has 0 saturated carbocycles. The van der Waals surface area contributed by atoms with E-state index in [4.69, 9.17) is 4.74 Å². The molecule has 2 aliphatic rings. The predicted octanol–water partition coefficient (Wildman–Crippen LogP) is 2.58. The van der Waals surface area contributed by atoms with Crippen LogP contribution >= 0.6 is 15.9 Å². The molecule has 0 aliphatic carbocycles. The number of hydrogen-bond acceptors (Lipinski definition) is 1. The van der Waals surface area contributed by atoms with Crippen LogP contribution in [0.25, 0.3) is 0 Å². The molecule has 2 rings (SSSR count). The number of hydrogen-bond donors (Lipinski definition) is 0. The van der Waals surface area contributed by atoms with Gasteiger partial charge in [-0.05, 0) is 31.1 Å². The molecule has 4 atom stereocenters. The van der Waals surface area contributed by atoms with Crippen molar-refractivity contribution in [2.45, 2.75) is 38.4 Å². The molecule has 0 radical (unpaired) electrons. The van der Waals surface area contributed by atoms with Gasteiger partial charge in [0.2, 0.25) is 0 Å². The predicted molar refractivity (Wildman–Crippen MR) is 49.0 cm³/mol. The molecule has 2 bridgehead atoms. The molecule has 64 valence electrons. The summed E-state index contributed by atoms with van der Waals surface area (Å²) in [7, 11) is 0. The van der Waals surface area contributed by atoms with Crippen molar-refractivity contribution in [2.24, 2.45) is 11.8 Å².